The van der Waals surface area contributed by atoms with Gasteiger partial charge in [0.15, 0.2) is 6.29 Å². The molecule has 6 heteroatoms. The highest BCUT2D eigenvalue weighted by Gasteiger charge is 2.31. The van der Waals surface area contributed by atoms with Crippen LogP contribution in [0, 0.1) is 5.92 Å². The molecule has 0 aliphatic carbocycles. The Morgan fingerprint density at radius 1 is 1.09 bits per heavy atom. The highest BCUT2D eigenvalue weighted by molar-refractivity contribution is 5.66. The van der Waals surface area contributed by atoms with Crippen molar-refractivity contribution >= 4 is 11.9 Å². The number of hydrogen-bond acceptors (Lipinski definition) is 6. The third-order valence-corrected chi connectivity index (χ3v) is 3.40. The van der Waals surface area contributed by atoms with Gasteiger partial charge < -0.3 is 18.9 Å². The van der Waals surface area contributed by atoms with Crippen LogP contribution in [-0.4, -0.2) is 43.1 Å². The molecule has 0 N–H and O–H groups in total. The first-order valence-corrected chi connectivity index (χ1v) is 8.07. The molecule has 132 valence electrons. The van der Waals surface area contributed by atoms with Gasteiger partial charge in [0.1, 0.15) is 18.8 Å². The van der Waals surface area contributed by atoms with E-state index in [4.69, 9.17) is 18.9 Å². The van der Waals surface area contributed by atoms with Gasteiger partial charge in [-0.3, -0.25) is 9.59 Å². The summed E-state index contributed by atoms with van der Waals surface area (Å²) in [6.07, 6.45) is 3.81. The molecule has 0 fully saturated rings. The molecule has 4 atom stereocenters. The van der Waals surface area contributed by atoms with E-state index >= 15 is 0 Å². The second-order valence-corrected chi connectivity index (χ2v) is 6.22. The monoisotopic (exact) mass is 328 g/mol. The van der Waals surface area contributed by atoms with Crippen LogP contribution in [0.15, 0.2) is 12.2 Å². The van der Waals surface area contributed by atoms with Crippen molar-refractivity contribution < 1.29 is 28.5 Å². The van der Waals surface area contributed by atoms with Crippen LogP contribution < -0.4 is 0 Å². The van der Waals surface area contributed by atoms with Gasteiger partial charge in [-0.05, 0) is 37.8 Å². The summed E-state index contributed by atoms with van der Waals surface area (Å²) in [4.78, 5) is 22.1. The zero-order valence-corrected chi connectivity index (χ0v) is 14.6. The molecule has 0 saturated heterocycles. The van der Waals surface area contributed by atoms with E-state index in [2.05, 4.69) is 13.8 Å². The van der Waals surface area contributed by atoms with Gasteiger partial charge in [0.25, 0.3) is 0 Å². The molecule has 0 amide bonds. The molecular formula is C17H28O6. The minimum Gasteiger partial charge on any atom is -0.463 e. The lowest BCUT2D eigenvalue weighted by molar-refractivity contribution is -0.208. The van der Waals surface area contributed by atoms with E-state index in [9.17, 15) is 9.59 Å². The van der Waals surface area contributed by atoms with Crippen LogP contribution in [0.3, 0.4) is 0 Å². The highest BCUT2D eigenvalue weighted by Crippen LogP contribution is 2.20. The molecule has 4 unspecified atom stereocenters. The molecule has 0 aromatic rings. The van der Waals surface area contributed by atoms with Gasteiger partial charge in [0.05, 0.1) is 6.10 Å². The lowest BCUT2D eigenvalue weighted by atomic mass is 10.1. The second-order valence-electron chi connectivity index (χ2n) is 6.22. The smallest absolute Gasteiger partial charge is 0.303 e. The first-order chi connectivity index (χ1) is 10.8. The summed E-state index contributed by atoms with van der Waals surface area (Å²) in [6, 6.07) is 0. The lowest BCUT2D eigenvalue weighted by Gasteiger charge is -2.32. The first kappa shape index (κ1) is 19.6. The van der Waals surface area contributed by atoms with E-state index < -0.39 is 30.4 Å². The van der Waals surface area contributed by atoms with Crippen molar-refractivity contribution in [1.82, 2.24) is 0 Å². The van der Waals surface area contributed by atoms with Crippen LogP contribution >= 0.6 is 0 Å². The standard InChI is InChI=1S/C17H28O6/c1-11(2)6-7-12(3)21-17-9-8-15(22-14(5)19)16(23-17)10-20-13(4)18/h8-9,11-12,15-17H,6-7,10H2,1-5H3. The average molecular weight is 328 g/mol. The van der Waals surface area contributed by atoms with Crippen LogP contribution in [0.1, 0.15) is 47.5 Å². The molecule has 1 aliphatic rings. The Kier molecular flexibility index (Phi) is 8.26. The highest BCUT2D eigenvalue weighted by atomic mass is 16.7. The summed E-state index contributed by atoms with van der Waals surface area (Å²) < 4.78 is 21.8. The zero-order valence-electron chi connectivity index (χ0n) is 14.6. The predicted molar refractivity (Wildman–Crippen MR) is 84.6 cm³/mol. The van der Waals surface area contributed by atoms with E-state index in [0.29, 0.717) is 5.92 Å². The van der Waals surface area contributed by atoms with Crippen LogP contribution in [0.2, 0.25) is 0 Å². The van der Waals surface area contributed by atoms with Crippen molar-refractivity contribution in [2.24, 2.45) is 5.92 Å². The number of hydrogen-bond donors (Lipinski definition) is 0. The summed E-state index contributed by atoms with van der Waals surface area (Å²) in [5.74, 6) is -0.206. The van der Waals surface area contributed by atoms with Gasteiger partial charge in [-0.25, -0.2) is 0 Å². The van der Waals surface area contributed by atoms with Gasteiger partial charge in [0, 0.05) is 13.8 Å². The molecule has 23 heavy (non-hydrogen) atoms. The minimum atomic E-state index is -0.585. The molecule has 6 nitrogen and oxygen atoms in total. The number of ether oxygens (including phenoxy) is 4. The SMILES string of the molecule is CC(=O)OCC1OC(OC(C)CCC(C)C)C=CC1OC(C)=O. The molecule has 1 rings (SSSR count). The van der Waals surface area contributed by atoms with Gasteiger partial charge in [-0.1, -0.05) is 13.8 Å². The summed E-state index contributed by atoms with van der Waals surface area (Å²) in [5, 5.41) is 0. The van der Waals surface area contributed by atoms with Gasteiger partial charge in [0.2, 0.25) is 0 Å². The van der Waals surface area contributed by atoms with Gasteiger partial charge >= 0.3 is 11.9 Å². The van der Waals surface area contributed by atoms with Crippen LogP contribution in [0.25, 0.3) is 0 Å². The van der Waals surface area contributed by atoms with Crippen molar-refractivity contribution in [2.45, 2.75) is 72.1 Å². The fourth-order valence-corrected chi connectivity index (χ4v) is 2.20. The molecule has 0 bridgehead atoms. The van der Waals surface area contributed by atoms with Crippen molar-refractivity contribution in [3.8, 4) is 0 Å². The molecule has 0 radical (unpaired) electrons. The largest absolute Gasteiger partial charge is 0.463 e. The van der Waals surface area contributed by atoms with E-state index in [1.54, 1.807) is 12.2 Å². The normalized spacial score (nSPS) is 25.2. The van der Waals surface area contributed by atoms with Crippen molar-refractivity contribution in [2.75, 3.05) is 6.61 Å². The number of carbonyl (C=O) groups excluding carboxylic acids is 2. The van der Waals surface area contributed by atoms with Crippen molar-refractivity contribution in [3.05, 3.63) is 12.2 Å². The van der Waals surface area contributed by atoms with Crippen LogP contribution in [0.5, 0.6) is 0 Å². The maximum atomic E-state index is 11.2. The summed E-state index contributed by atoms with van der Waals surface area (Å²) in [5.41, 5.74) is 0. The predicted octanol–water partition coefficient (Wildman–Crippen LogP) is 2.60. The molecule has 0 aromatic carbocycles. The van der Waals surface area contributed by atoms with Crippen molar-refractivity contribution in [1.29, 1.82) is 0 Å². The van der Waals surface area contributed by atoms with Crippen LogP contribution in [-0.2, 0) is 28.5 Å². The first-order valence-electron chi connectivity index (χ1n) is 8.07. The molecule has 1 heterocycles. The maximum absolute atomic E-state index is 11.2. The Morgan fingerprint density at radius 3 is 2.35 bits per heavy atom. The minimum absolute atomic E-state index is 0.0118. The van der Waals surface area contributed by atoms with Gasteiger partial charge in [-0.15, -0.1) is 0 Å². The fourth-order valence-electron chi connectivity index (χ4n) is 2.20. The average Bonchev–Trinajstić information content (AvgIpc) is 2.44. The molecule has 0 aromatic heterocycles. The molecule has 1 aliphatic heterocycles. The Hall–Kier alpha value is -1.40. The molecular weight excluding hydrogens is 300 g/mol. The summed E-state index contributed by atoms with van der Waals surface area (Å²) in [6.45, 7) is 9.00. The Balaban J connectivity index is 2.59. The molecule has 0 saturated carbocycles. The molecule has 0 spiro atoms. The maximum Gasteiger partial charge on any atom is 0.303 e. The summed E-state index contributed by atoms with van der Waals surface area (Å²) in [7, 11) is 0. The Bertz CT molecular complexity index is 417. The topological polar surface area (TPSA) is 71.1 Å². The second kappa shape index (κ2) is 9.67. The number of carbonyl (C=O) groups is 2. The number of esters is 2. The van der Waals surface area contributed by atoms with E-state index in [1.807, 2.05) is 6.92 Å². The Morgan fingerprint density at radius 2 is 1.78 bits per heavy atom. The number of rotatable bonds is 8. The van der Waals surface area contributed by atoms with Gasteiger partial charge in [-0.2, -0.15) is 0 Å². The summed E-state index contributed by atoms with van der Waals surface area (Å²) >= 11 is 0. The van der Waals surface area contributed by atoms with E-state index in [-0.39, 0.29) is 12.7 Å². The zero-order chi connectivity index (χ0) is 17.4. The van der Waals surface area contributed by atoms with Crippen molar-refractivity contribution in [3.63, 3.8) is 0 Å². The Labute approximate surface area is 138 Å². The fraction of sp³-hybridized carbons (Fsp3) is 0.765. The van der Waals surface area contributed by atoms with E-state index in [1.165, 1.54) is 13.8 Å². The third-order valence-electron chi connectivity index (χ3n) is 3.40. The lowest BCUT2D eigenvalue weighted by Crippen LogP contribution is -2.42. The van der Waals surface area contributed by atoms with E-state index in [0.717, 1.165) is 12.8 Å². The quantitative estimate of drug-likeness (QED) is 0.504. The van der Waals surface area contributed by atoms with Crippen LogP contribution in [0.4, 0.5) is 0 Å². The third kappa shape index (κ3) is 8.13.